The van der Waals surface area contributed by atoms with Crippen LogP contribution in [0.25, 0.3) is 6.08 Å². The summed E-state index contributed by atoms with van der Waals surface area (Å²) < 4.78 is 42.8. The molecule has 1 aromatic rings. The van der Waals surface area contributed by atoms with Crippen molar-refractivity contribution in [2.45, 2.75) is 82.5 Å². The fourth-order valence-corrected chi connectivity index (χ4v) is 4.59. The lowest BCUT2D eigenvalue weighted by molar-refractivity contribution is -0.384. The summed E-state index contributed by atoms with van der Waals surface area (Å²) in [5, 5.41) is 42.4. The van der Waals surface area contributed by atoms with Crippen molar-refractivity contribution in [3.63, 3.8) is 0 Å². The van der Waals surface area contributed by atoms with Crippen molar-refractivity contribution in [1.29, 1.82) is 0 Å². The van der Waals surface area contributed by atoms with Gasteiger partial charge in [-0.25, -0.2) is 4.79 Å². The van der Waals surface area contributed by atoms with Crippen molar-refractivity contribution < 1.29 is 82.3 Å². The van der Waals surface area contributed by atoms with Gasteiger partial charge in [0, 0.05) is 33.8 Å². The van der Waals surface area contributed by atoms with Crippen LogP contribution in [0.3, 0.4) is 0 Å². The zero-order valence-electron chi connectivity index (χ0n) is 25.3. The molecule has 2 heterocycles. The van der Waals surface area contributed by atoms with E-state index in [1.807, 2.05) is 0 Å². The van der Waals surface area contributed by atoms with Crippen molar-refractivity contribution in [2.75, 3.05) is 19.8 Å². The molecule has 4 N–H and O–H groups in total. The summed E-state index contributed by atoms with van der Waals surface area (Å²) >= 11 is 0. The molecule has 1 aromatic carbocycles. The monoisotopic (exact) mass is 656 g/mol. The van der Waals surface area contributed by atoms with E-state index in [1.54, 1.807) is 12.1 Å². The Labute approximate surface area is 262 Å². The third kappa shape index (κ3) is 9.68. The highest BCUT2D eigenvalue weighted by molar-refractivity contribution is 5.87. The van der Waals surface area contributed by atoms with Gasteiger partial charge >= 0.3 is 29.8 Å². The molecule has 2 aliphatic heterocycles. The number of aromatic hydroxyl groups is 1. The molecule has 17 nitrogen and oxygen atoms in total. The smallest absolute Gasteiger partial charge is 0.330 e. The molecule has 9 atom stereocenters. The number of benzene rings is 1. The van der Waals surface area contributed by atoms with Crippen LogP contribution < -0.4 is 0 Å². The van der Waals surface area contributed by atoms with E-state index in [2.05, 4.69) is 0 Å². The highest BCUT2D eigenvalue weighted by Crippen LogP contribution is 2.38. The number of carbonyl (C=O) groups is 5. The SMILES string of the molecule is CC(=O)OCC1OC(OC2(COC(C)=O)OC(COC(=O)C=Cc3ccc(O)cc3)C(O)C2O)C(O)C(OC(C)=O)C1OC(C)=O. The molecule has 254 valence electrons. The first-order valence-corrected chi connectivity index (χ1v) is 13.9. The Hall–Kier alpha value is -4.13. The van der Waals surface area contributed by atoms with Crippen LogP contribution in [0.5, 0.6) is 5.75 Å². The van der Waals surface area contributed by atoms with Gasteiger partial charge < -0.3 is 58.3 Å². The summed E-state index contributed by atoms with van der Waals surface area (Å²) in [6.45, 7) is 2.09. The minimum absolute atomic E-state index is 0.0299. The lowest BCUT2D eigenvalue weighted by Crippen LogP contribution is -2.64. The van der Waals surface area contributed by atoms with E-state index in [1.165, 1.54) is 18.2 Å². The summed E-state index contributed by atoms with van der Waals surface area (Å²) in [5.41, 5.74) is 0.567. The molecule has 2 aliphatic rings. The number of aliphatic hydroxyl groups excluding tert-OH is 3. The molecule has 0 bridgehead atoms. The van der Waals surface area contributed by atoms with Gasteiger partial charge in [-0.05, 0) is 23.8 Å². The van der Waals surface area contributed by atoms with E-state index >= 15 is 0 Å². The first-order valence-electron chi connectivity index (χ1n) is 13.9. The van der Waals surface area contributed by atoms with E-state index in [-0.39, 0.29) is 5.75 Å². The average Bonchev–Trinajstić information content (AvgIpc) is 3.21. The number of ether oxygens (including phenoxy) is 8. The molecular formula is C29H36O17. The van der Waals surface area contributed by atoms with Crippen LogP contribution in [0.15, 0.2) is 30.3 Å². The van der Waals surface area contributed by atoms with E-state index < -0.39 is 104 Å². The van der Waals surface area contributed by atoms with Crippen LogP contribution in [-0.4, -0.2) is 125 Å². The maximum absolute atomic E-state index is 12.3. The Morgan fingerprint density at radius 2 is 1.37 bits per heavy atom. The molecule has 0 aliphatic carbocycles. The molecule has 17 heteroatoms. The summed E-state index contributed by atoms with van der Waals surface area (Å²) in [6, 6.07) is 5.90. The zero-order chi connectivity index (χ0) is 34.2. The van der Waals surface area contributed by atoms with Gasteiger partial charge in [-0.1, -0.05) is 12.1 Å². The minimum atomic E-state index is -2.46. The molecule has 0 spiro atoms. The summed E-state index contributed by atoms with van der Waals surface area (Å²) in [7, 11) is 0. The highest BCUT2D eigenvalue weighted by atomic mass is 16.8. The average molecular weight is 657 g/mol. The molecular weight excluding hydrogens is 620 g/mol. The quantitative estimate of drug-likeness (QED) is 0.118. The summed E-state index contributed by atoms with van der Waals surface area (Å²) in [6.07, 6.45) is -11.2. The first-order chi connectivity index (χ1) is 21.6. The lowest BCUT2D eigenvalue weighted by Gasteiger charge is -2.45. The second kappa shape index (κ2) is 15.9. The standard InChI is InChI=1S/C29H36O17/c1-14(30)39-12-21-25(42-16(3)32)26(43-17(4)33)24(37)28(44-21)46-29(13-41-15(2)31)27(38)23(36)20(45-29)11-40-22(35)10-7-18-5-8-19(34)9-6-18/h5-10,20-21,23-28,34,36-38H,11-13H2,1-4H3. The zero-order valence-corrected chi connectivity index (χ0v) is 25.3. The van der Waals surface area contributed by atoms with Crippen molar-refractivity contribution in [3.05, 3.63) is 35.9 Å². The molecule has 2 fully saturated rings. The third-order valence-corrected chi connectivity index (χ3v) is 6.66. The lowest BCUT2D eigenvalue weighted by atomic mass is 9.98. The Kier molecular flexibility index (Phi) is 12.6. The number of aliphatic hydroxyl groups is 3. The molecule has 0 radical (unpaired) electrons. The fourth-order valence-electron chi connectivity index (χ4n) is 4.59. The van der Waals surface area contributed by atoms with Gasteiger partial charge in [0.05, 0.1) is 0 Å². The van der Waals surface area contributed by atoms with Gasteiger partial charge in [0.15, 0.2) is 18.5 Å². The summed E-state index contributed by atoms with van der Waals surface area (Å²) in [5.74, 6) is -6.66. The molecule has 2 saturated heterocycles. The number of hydrogen-bond acceptors (Lipinski definition) is 17. The molecule has 0 aromatic heterocycles. The van der Waals surface area contributed by atoms with Crippen LogP contribution in [0.1, 0.15) is 33.3 Å². The van der Waals surface area contributed by atoms with Crippen LogP contribution in [0.2, 0.25) is 0 Å². The Morgan fingerprint density at radius 3 is 1.96 bits per heavy atom. The molecule has 46 heavy (non-hydrogen) atoms. The second-order valence-corrected chi connectivity index (χ2v) is 10.3. The third-order valence-electron chi connectivity index (χ3n) is 6.66. The van der Waals surface area contributed by atoms with Gasteiger partial charge in [0.2, 0.25) is 5.79 Å². The number of phenols is 1. The Bertz CT molecular complexity index is 1280. The van der Waals surface area contributed by atoms with Crippen LogP contribution >= 0.6 is 0 Å². The molecule has 9 unspecified atom stereocenters. The fraction of sp³-hybridized carbons (Fsp3) is 0.552. The predicted octanol–water partition coefficient (Wildman–Crippen LogP) is -1.14. The van der Waals surface area contributed by atoms with Crippen molar-refractivity contribution in [3.8, 4) is 5.75 Å². The van der Waals surface area contributed by atoms with Crippen molar-refractivity contribution in [2.24, 2.45) is 0 Å². The van der Waals surface area contributed by atoms with Crippen LogP contribution in [0, 0.1) is 0 Å². The van der Waals surface area contributed by atoms with E-state index in [0.29, 0.717) is 5.56 Å². The maximum Gasteiger partial charge on any atom is 0.330 e. The number of rotatable bonds is 12. The molecule has 3 rings (SSSR count). The van der Waals surface area contributed by atoms with Gasteiger partial charge in [0.25, 0.3) is 0 Å². The first kappa shape index (κ1) is 36.3. The van der Waals surface area contributed by atoms with Gasteiger partial charge in [-0.2, -0.15) is 0 Å². The van der Waals surface area contributed by atoms with Crippen LogP contribution in [-0.2, 0) is 61.9 Å². The Morgan fingerprint density at radius 1 is 0.783 bits per heavy atom. The molecule has 0 amide bonds. The van der Waals surface area contributed by atoms with Crippen molar-refractivity contribution >= 4 is 35.9 Å². The van der Waals surface area contributed by atoms with Crippen molar-refractivity contribution in [1.82, 2.24) is 0 Å². The van der Waals surface area contributed by atoms with Gasteiger partial charge in [-0.3, -0.25) is 19.2 Å². The Balaban J connectivity index is 1.84. The van der Waals surface area contributed by atoms with E-state index in [4.69, 9.17) is 37.9 Å². The minimum Gasteiger partial charge on any atom is -0.508 e. The topological polar surface area (TPSA) is 240 Å². The van der Waals surface area contributed by atoms with E-state index in [9.17, 15) is 44.4 Å². The maximum atomic E-state index is 12.3. The van der Waals surface area contributed by atoms with Gasteiger partial charge in [0.1, 0.15) is 56.1 Å². The highest BCUT2D eigenvalue weighted by Gasteiger charge is 2.60. The van der Waals surface area contributed by atoms with E-state index in [0.717, 1.165) is 33.8 Å². The number of hydrogen-bond donors (Lipinski definition) is 4. The van der Waals surface area contributed by atoms with Gasteiger partial charge in [-0.15, -0.1) is 0 Å². The second-order valence-electron chi connectivity index (χ2n) is 10.3. The predicted molar refractivity (Wildman–Crippen MR) is 148 cm³/mol. The largest absolute Gasteiger partial charge is 0.508 e. The van der Waals surface area contributed by atoms with Crippen LogP contribution in [0.4, 0.5) is 0 Å². The summed E-state index contributed by atoms with van der Waals surface area (Å²) in [4.78, 5) is 59.3. The number of phenolic OH excluding ortho intramolecular Hbond substituents is 1. The number of esters is 5. The molecule has 0 saturated carbocycles. The normalized spacial score (nSPS) is 30.8. The number of carbonyl (C=O) groups excluding carboxylic acids is 5.